The fourth-order valence-electron chi connectivity index (χ4n) is 1.89. The van der Waals surface area contributed by atoms with Gasteiger partial charge in [-0.2, -0.15) is 0 Å². The minimum atomic E-state index is 0.124. The van der Waals surface area contributed by atoms with Crippen molar-refractivity contribution in [3.63, 3.8) is 0 Å². The molecule has 0 aromatic rings. The van der Waals surface area contributed by atoms with E-state index in [0.717, 1.165) is 6.54 Å². The number of hydrogen-bond acceptors (Lipinski definition) is 4. The highest BCUT2D eigenvalue weighted by Crippen LogP contribution is 2.15. The molecule has 5 nitrogen and oxygen atoms in total. The van der Waals surface area contributed by atoms with E-state index >= 15 is 0 Å². The minimum Gasteiger partial charge on any atom is -0.396 e. The molecule has 1 aliphatic heterocycles. The van der Waals surface area contributed by atoms with E-state index in [-0.39, 0.29) is 6.61 Å². The summed E-state index contributed by atoms with van der Waals surface area (Å²) < 4.78 is 0. The van der Waals surface area contributed by atoms with Gasteiger partial charge in [-0.1, -0.05) is 11.6 Å². The van der Waals surface area contributed by atoms with Crippen molar-refractivity contribution in [3.8, 4) is 0 Å². The van der Waals surface area contributed by atoms with E-state index in [4.69, 9.17) is 15.7 Å². The molecule has 1 rings (SSSR count). The van der Waals surface area contributed by atoms with E-state index in [1.165, 1.54) is 19.3 Å². The molecule has 94 valence electrons. The molecule has 1 atom stereocenters. The summed E-state index contributed by atoms with van der Waals surface area (Å²) in [6, 6.07) is 0.583. The number of nitrogens with zero attached hydrogens (tertiary/aromatic N) is 2. The van der Waals surface area contributed by atoms with Gasteiger partial charge in [0, 0.05) is 19.1 Å². The average Bonchev–Trinajstić information content (AvgIpc) is 2.28. The van der Waals surface area contributed by atoms with Gasteiger partial charge in [-0.05, 0) is 26.3 Å². The maximum atomic E-state index is 8.56. The van der Waals surface area contributed by atoms with Crippen LogP contribution in [0, 0.1) is 0 Å². The summed E-state index contributed by atoms with van der Waals surface area (Å²) in [5.41, 5.74) is 5.77. The third kappa shape index (κ3) is 4.81. The molecule has 1 saturated heterocycles. The van der Waals surface area contributed by atoms with Crippen LogP contribution in [-0.2, 0) is 4.84 Å². The number of aliphatic hydroxyl groups is 1. The summed E-state index contributed by atoms with van der Waals surface area (Å²) in [4.78, 5) is 7.32. The summed E-state index contributed by atoms with van der Waals surface area (Å²) in [7, 11) is 0. The molecule has 1 heterocycles. The lowest BCUT2D eigenvalue weighted by Gasteiger charge is -2.32. The number of oxime groups is 1. The zero-order valence-electron chi connectivity index (χ0n) is 10.1. The fourth-order valence-corrected chi connectivity index (χ4v) is 1.89. The van der Waals surface area contributed by atoms with Gasteiger partial charge in [0.15, 0.2) is 5.84 Å². The maximum Gasteiger partial charge on any atom is 0.153 e. The zero-order valence-corrected chi connectivity index (χ0v) is 10.1. The predicted octanol–water partition coefficient (Wildman–Crippen LogP) is 0.532. The Morgan fingerprint density at radius 1 is 1.56 bits per heavy atom. The Hall–Kier alpha value is -0.810. The highest BCUT2D eigenvalue weighted by Gasteiger charge is 2.18. The summed E-state index contributed by atoms with van der Waals surface area (Å²) in [6.45, 7) is 4.54. The average molecular weight is 229 g/mol. The molecule has 0 bridgehead atoms. The minimum absolute atomic E-state index is 0.124. The number of hydrogen-bond donors (Lipinski definition) is 2. The first kappa shape index (κ1) is 13.3. The molecule has 1 fully saturated rings. The third-order valence-corrected chi connectivity index (χ3v) is 2.88. The Bertz CT molecular complexity index is 221. The molecular formula is C11H23N3O2. The van der Waals surface area contributed by atoms with Crippen LogP contribution < -0.4 is 5.73 Å². The summed E-state index contributed by atoms with van der Waals surface area (Å²) >= 11 is 0. The van der Waals surface area contributed by atoms with Gasteiger partial charge in [0.05, 0.1) is 6.54 Å². The van der Waals surface area contributed by atoms with Crippen molar-refractivity contribution in [1.82, 2.24) is 4.90 Å². The highest BCUT2D eigenvalue weighted by molar-refractivity contribution is 5.81. The lowest BCUT2D eigenvalue weighted by atomic mass is 10.0. The second-order valence-corrected chi connectivity index (χ2v) is 4.31. The lowest BCUT2D eigenvalue weighted by molar-refractivity contribution is 0.120. The van der Waals surface area contributed by atoms with Crippen molar-refractivity contribution in [3.05, 3.63) is 0 Å². The van der Waals surface area contributed by atoms with Gasteiger partial charge < -0.3 is 15.7 Å². The van der Waals surface area contributed by atoms with E-state index in [1.807, 2.05) is 0 Å². The monoisotopic (exact) mass is 229 g/mol. The van der Waals surface area contributed by atoms with E-state index in [0.29, 0.717) is 31.4 Å². The quantitative estimate of drug-likeness (QED) is 0.302. The Morgan fingerprint density at radius 2 is 2.38 bits per heavy atom. The van der Waals surface area contributed by atoms with Gasteiger partial charge in [0.25, 0.3) is 0 Å². The van der Waals surface area contributed by atoms with Crippen molar-refractivity contribution >= 4 is 5.84 Å². The van der Waals surface area contributed by atoms with Gasteiger partial charge in [-0.3, -0.25) is 4.90 Å². The molecular weight excluding hydrogens is 206 g/mol. The first-order chi connectivity index (χ1) is 7.74. The number of nitrogens with two attached hydrogens (primary N) is 1. The van der Waals surface area contributed by atoms with E-state index < -0.39 is 0 Å². The molecule has 0 aliphatic carbocycles. The zero-order chi connectivity index (χ0) is 11.8. The van der Waals surface area contributed by atoms with Crippen LogP contribution in [0.5, 0.6) is 0 Å². The van der Waals surface area contributed by atoms with Crippen LogP contribution >= 0.6 is 0 Å². The van der Waals surface area contributed by atoms with Gasteiger partial charge in [0.2, 0.25) is 0 Å². The third-order valence-electron chi connectivity index (χ3n) is 2.88. The van der Waals surface area contributed by atoms with Gasteiger partial charge in [-0.15, -0.1) is 0 Å². The lowest BCUT2D eigenvalue weighted by Crippen LogP contribution is -2.42. The first-order valence-electron chi connectivity index (χ1n) is 6.03. The molecule has 0 spiro atoms. The summed E-state index contributed by atoms with van der Waals surface area (Å²) in [6.07, 6.45) is 4.38. The van der Waals surface area contributed by atoms with Crippen LogP contribution in [0.2, 0.25) is 0 Å². The van der Waals surface area contributed by atoms with Crippen LogP contribution in [0.1, 0.15) is 32.6 Å². The molecule has 0 radical (unpaired) electrons. The number of rotatable bonds is 6. The van der Waals surface area contributed by atoms with Crippen molar-refractivity contribution < 1.29 is 9.94 Å². The smallest absolute Gasteiger partial charge is 0.153 e. The van der Waals surface area contributed by atoms with Crippen molar-refractivity contribution in [2.24, 2.45) is 10.9 Å². The molecule has 1 aliphatic rings. The fraction of sp³-hybridized carbons (Fsp3) is 0.909. The second-order valence-electron chi connectivity index (χ2n) is 4.31. The SMILES string of the molecule is CC1CCCCN1CC(N)=NOCCCO. The van der Waals surface area contributed by atoms with Crippen molar-refractivity contribution in [2.45, 2.75) is 38.6 Å². The number of amidine groups is 1. The van der Waals surface area contributed by atoms with E-state index in [1.54, 1.807) is 0 Å². The molecule has 16 heavy (non-hydrogen) atoms. The van der Waals surface area contributed by atoms with Gasteiger partial charge >= 0.3 is 0 Å². The number of aliphatic hydroxyl groups excluding tert-OH is 1. The molecule has 0 aromatic carbocycles. The first-order valence-corrected chi connectivity index (χ1v) is 6.03. The molecule has 5 heteroatoms. The van der Waals surface area contributed by atoms with Crippen molar-refractivity contribution in [1.29, 1.82) is 0 Å². The molecule has 0 aromatic heterocycles. The van der Waals surface area contributed by atoms with Crippen LogP contribution in [-0.4, -0.2) is 48.2 Å². The molecule has 0 saturated carbocycles. The topological polar surface area (TPSA) is 71.1 Å². The summed E-state index contributed by atoms with van der Waals surface area (Å²) in [5, 5.41) is 12.4. The Labute approximate surface area is 97.2 Å². The van der Waals surface area contributed by atoms with Crippen LogP contribution in [0.15, 0.2) is 5.16 Å². The summed E-state index contributed by atoms with van der Waals surface area (Å²) in [5.74, 6) is 0.520. The molecule has 3 N–H and O–H groups in total. The van der Waals surface area contributed by atoms with Crippen LogP contribution in [0.4, 0.5) is 0 Å². The van der Waals surface area contributed by atoms with Crippen molar-refractivity contribution in [2.75, 3.05) is 26.3 Å². The van der Waals surface area contributed by atoms with E-state index in [9.17, 15) is 0 Å². The maximum absolute atomic E-state index is 8.56. The van der Waals surface area contributed by atoms with E-state index in [2.05, 4.69) is 17.0 Å². The highest BCUT2D eigenvalue weighted by atomic mass is 16.6. The van der Waals surface area contributed by atoms with Crippen LogP contribution in [0.3, 0.4) is 0 Å². The standard InChI is InChI=1S/C11H23N3O2/c1-10-5-2-3-6-14(10)9-11(12)13-16-8-4-7-15/h10,15H,2-9H2,1H3,(H2,12,13). The van der Waals surface area contributed by atoms with Gasteiger partial charge in [0.1, 0.15) is 6.61 Å². The van der Waals surface area contributed by atoms with Crippen LogP contribution in [0.25, 0.3) is 0 Å². The molecule has 1 unspecified atom stereocenters. The number of piperidine rings is 1. The predicted molar refractivity (Wildman–Crippen MR) is 64.2 cm³/mol. The Morgan fingerprint density at radius 3 is 3.06 bits per heavy atom. The Kier molecular flexibility index (Phi) is 6.18. The number of likely N-dealkylation sites (tertiary alicyclic amines) is 1. The second kappa shape index (κ2) is 7.46. The molecule has 0 amide bonds. The van der Waals surface area contributed by atoms with Gasteiger partial charge in [-0.25, -0.2) is 0 Å². The Balaban J connectivity index is 2.23. The largest absolute Gasteiger partial charge is 0.396 e. The normalized spacial score (nSPS) is 23.4.